The summed E-state index contributed by atoms with van der Waals surface area (Å²) in [6.07, 6.45) is 0. The summed E-state index contributed by atoms with van der Waals surface area (Å²) in [5.74, 6) is -0.476. The second-order valence-corrected chi connectivity index (χ2v) is 4.08. The number of aromatic hydroxyl groups is 1. The number of aryl methyl sites for hydroxylation is 1. The van der Waals surface area contributed by atoms with E-state index in [0.29, 0.717) is 12.2 Å². The molecule has 0 spiro atoms. The number of halogens is 1. The first-order valence-electron chi connectivity index (χ1n) is 4.22. The number of benzene rings is 1. The van der Waals surface area contributed by atoms with Crippen LogP contribution in [-0.4, -0.2) is 17.7 Å². The number of hydrogen-bond donors (Lipinski definition) is 1. The molecule has 0 aromatic heterocycles. The summed E-state index contributed by atoms with van der Waals surface area (Å²) in [7, 11) is 0. The van der Waals surface area contributed by atoms with Crippen LogP contribution >= 0.6 is 22.6 Å². The van der Waals surface area contributed by atoms with Crippen LogP contribution in [0.15, 0.2) is 12.1 Å². The molecule has 3 nitrogen and oxygen atoms in total. The molecule has 76 valence electrons. The zero-order valence-corrected chi connectivity index (χ0v) is 10.2. The fraction of sp³-hybridized carbons (Fsp3) is 0.300. The van der Waals surface area contributed by atoms with Crippen molar-refractivity contribution in [2.75, 3.05) is 6.61 Å². The Bertz CT molecular complexity index is 361. The summed E-state index contributed by atoms with van der Waals surface area (Å²) in [6.45, 7) is 3.79. The molecule has 14 heavy (non-hydrogen) atoms. The molecule has 0 aliphatic rings. The van der Waals surface area contributed by atoms with Gasteiger partial charge in [-0.05, 0) is 54.1 Å². The van der Waals surface area contributed by atoms with Crippen LogP contribution < -0.4 is 0 Å². The molecule has 0 saturated heterocycles. The van der Waals surface area contributed by atoms with Crippen LogP contribution in [0, 0.1) is 10.5 Å². The zero-order chi connectivity index (χ0) is 10.7. The van der Waals surface area contributed by atoms with Crippen molar-refractivity contribution < 1.29 is 14.6 Å². The van der Waals surface area contributed by atoms with E-state index in [1.807, 2.05) is 0 Å². The SMILES string of the molecule is CCOC(=O)c1cc(I)cc(C)c1O. The highest BCUT2D eigenvalue weighted by Crippen LogP contribution is 2.25. The fourth-order valence-corrected chi connectivity index (χ4v) is 1.88. The predicted molar refractivity (Wildman–Crippen MR) is 61.5 cm³/mol. The van der Waals surface area contributed by atoms with E-state index in [1.165, 1.54) is 0 Å². The van der Waals surface area contributed by atoms with Crippen LogP contribution in [0.3, 0.4) is 0 Å². The van der Waals surface area contributed by atoms with E-state index in [9.17, 15) is 9.90 Å². The van der Waals surface area contributed by atoms with Crippen LogP contribution in [0.1, 0.15) is 22.8 Å². The molecule has 1 aromatic rings. The van der Waals surface area contributed by atoms with Crippen LogP contribution in [0.5, 0.6) is 5.75 Å². The van der Waals surface area contributed by atoms with Crippen molar-refractivity contribution in [3.63, 3.8) is 0 Å². The molecular weight excluding hydrogens is 295 g/mol. The lowest BCUT2D eigenvalue weighted by Gasteiger charge is -2.07. The number of carbonyl (C=O) groups is 1. The minimum absolute atomic E-state index is 0.00358. The second kappa shape index (κ2) is 4.63. The van der Waals surface area contributed by atoms with Crippen LogP contribution in [0.4, 0.5) is 0 Å². The summed E-state index contributed by atoms with van der Waals surface area (Å²) >= 11 is 2.09. The minimum Gasteiger partial charge on any atom is -0.507 e. The Balaban J connectivity index is 3.13. The van der Waals surface area contributed by atoms with E-state index in [2.05, 4.69) is 22.6 Å². The first-order chi connectivity index (χ1) is 6.56. The smallest absolute Gasteiger partial charge is 0.341 e. The van der Waals surface area contributed by atoms with Gasteiger partial charge in [-0.15, -0.1) is 0 Å². The molecular formula is C10H11IO3. The van der Waals surface area contributed by atoms with Gasteiger partial charge >= 0.3 is 5.97 Å². The van der Waals surface area contributed by atoms with Gasteiger partial charge in [0.2, 0.25) is 0 Å². The summed E-state index contributed by atoms with van der Waals surface area (Å²) in [6, 6.07) is 3.42. The predicted octanol–water partition coefficient (Wildman–Crippen LogP) is 2.48. The van der Waals surface area contributed by atoms with Crippen LogP contribution in [-0.2, 0) is 4.74 Å². The van der Waals surface area contributed by atoms with E-state index in [-0.39, 0.29) is 11.3 Å². The van der Waals surface area contributed by atoms with Gasteiger partial charge in [-0.1, -0.05) is 0 Å². The second-order valence-electron chi connectivity index (χ2n) is 2.84. The molecule has 0 aliphatic carbocycles. The Morgan fingerprint density at radius 1 is 1.57 bits per heavy atom. The third-order valence-electron chi connectivity index (χ3n) is 1.76. The fourth-order valence-electron chi connectivity index (χ4n) is 1.10. The summed E-state index contributed by atoms with van der Waals surface area (Å²) < 4.78 is 5.72. The normalized spacial score (nSPS) is 9.93. The van der Waals surface area contributed by atoms with E-state index in [4.69, 9.17) is 4.74 Å². The van der Waals surface area contributed by atoms with E-state index < -0.39 is 5.97 Å². The average Bonchev–Trinajstić information content (AvgIpc) is 2.11. The standard InChI is InChI=1S/C10H11IO3/c1-3-14-10(13)8-5-7(11)4-6(2)9(8)12/h4-5,12H,3H2,1-2H3. The quantitative estimate of drug-likeness (QED) is 0.674. The van der Waals surface area contributed by atoms with E-state index in [0.717, 1.165) is 3.57 Å². The summed E-state index contributed by atoms with van der Waals surface area (Å²) in [4.78, 5) is 11.4. The van der Waals surface area contributed by atoms with Crippen molar-refractivity contribution in [3.8, 4) is 5.75 Å². The number of ether oxygens (including phenoxy) is 1. The molecule has 0 saturated carbocycles. The Morgan fingerprint density at radius 2 is 2.21 bits per heavy atom. The van der Waals surface area contributed by atoms with Gasteiger partial charge in [-0.25, -0.2) is 4.79 Å². The minimum atomic E-state index is -0.480. The highest BCUT2D eigenvalue weighted by atomic mass is 127. The molecule has 0 atom stereocenters. The third-order valence-corrected chi connectivity index (χ3v) is 2.38. The van der Waals surface area contributed by atoms with Gasteiger partial charge in [0, 0.05) is 3.57 Å². The number of rotatable bonds is 2. The molecule has 0 fully saturated rings. The van der Waals surface area contributed by atoms with Gasteiger partial charge in [0.05, 0.1) is 6.61 Å². The number of esters is 1. The Morgan fingerprint density at radius 3 is 2.79 bits per heavy atom. The highest BCUT2D eigenvalue weighted by molar-refractivity contribution is 14.1. The van der Waals surface area contributed by atoms with Gasteiger partial charge in [-0.3, -0.25) is 0 Å². The molecule has 0 aliphatic heterocycles. The van der Waals surface area contributed by atoms with Gasteiger partial charge in [-0.2, -0.15) is 0 Å². The van der Waals surface area contributed by atoms with E-state index in [1.54, 1.807) is 26.0 Å². The Hall–Kier alpha value is -0.780. The first-order valence-corrected chi connectivity index (χ1v) is 5.30. The molecule has 0 amide bonds. The average molecular weight is 306 g/mol. The van der Waals surface area contributed by atoms with Crippen molar-refractivity contribution in [1.82, 2.24) is 0 Å². The summed E-state index contributed by atoms with van der Waals surface area (Å²) in [5, 5.41) is 9.61. The van der Waals surface area contributed by atoms with Crippen LogP contribution in [0.2, 0.25) is 0 Å². The van der Waals surface area contributed by atoms with Crippen molar-refractivity contribution in [2.45, 2.75) is 13.8 Å². The molecule has 0 unspecified atom stereocenters. The summed E-state index contributed by atoms with van der Waals surface area (Å²) in [5.41, 5.74) is 0.913. The molecule has 4 heteroatoms. The molecule has 0 radical (unpaired) electrons. The van der Waals surface area contributed by atoms with Crippen molar-refractivity contribution in [2.24, 2.45) is 0 Å². The lowest BCUT2D eigenvalue weighted by atomic mass is 10.1. The zero-order valence-electron chi connectivity index (χ0n) is 8.00. The lowest BCUT2D eigenvalue weighted by molar-refractivity contribution is 0.0523. The largest absolute Gasteiger partial charge is 0.507 e. The highest BCUT2D eigenvalue weighted by Gasteiger charge is 2.14. The van der Waals surface area contributed by atoms with Gasteiger partial charge in [0.15, 0.2) is 0 Å². The Labute approximate surface area is 96.2 Å². The lowest BCUT2D eigenvalue weighted by Crippen LogP contribution is -2.05. The maximum Gasteiger partial charge on any atom is 0.341 e. The number of hydrogen-bond acceptors (Lipinski definition) is 3. The van der Waals surface area contributed by atoms with Crippen LogP contribution in [0.25, 0.3) is 0 Å². The van der Waals surface area contributed by atoms with E-state index >= 15 is 0 Å². The van der Waals surface area contributed by atoms with Gasteiger partial charge < -0.3 is 9.84 Å². The maximum absolute atomic E-state index is 11.4. The maximum atomic E-state index is 11.4. The molecule has 1 rings (SSSR count). The van der Waals surface area contributed by atoms with Crippen molar-refractivity contribution in [1.29, 1.82) is 0 Å². The topological polar surface area (TPSA) is 46.5 Å². The van der Waals surface area contributed by atoms with Crippen molar-refractivity contribution in [3.05, 3.63) is 26.8 Å². The molecule has 1 aromatic carbocycles. The Kier molecular flexibility index (Phi) is 3.74. The molecule has 0 heterocycles. The molecule has 1 N–H and O–H groups in total. The third kappa shape index (κ3) is 2.37. The monoisotopic (exact) mass is 306 g/mol. The molecule has 0 bridgehead atoms. The number of phenolic OH excluding ortho intramolecular Hbond substituents is 1. The number of carbonyl (C=O) groups excluding carboxylic acids is 1. The van der Waals surface area contributed by atoms with Crippen molar-refractivity contribution >= 4 is 28.6 Å². The van der Waals surface area contributed by atoms with Gasteiger partial charge in [0.1, 0.15) is 11.3 Å². The number of phenols is 1. The first kappa shape index (κ1) is 11.3. The van der Waals surface area contributed by atoms with Gasteiger partial charge in [0.25, 0.3) is 0 Å².